The molecule has 1 nitrogen and oxygen atoms in total. The van der Waals surface area contributed by atoms with Crippen LogP contribution in [-0.4, -0.2) is 0 Å². The summed E-state index contributed by atoms with van der Waals surface area (Å²) in [6.45, 7) is 2.66. The van der Waals surface area contributed by atoms with E-state index in [1.165, 1.54) is 11.1 Å². The van der Waals surface area contributed by atoms with E-state index in [1.54, 1.807) is 0 Å². The van der Waals surface area contributed by atoms with Crippen LogP contribution in [0.2, 0.25) is 0 Å². The van der Waals surface area contributed by atoms with Crippen LogP contribution >= 0.6 is 12.6 Å². The highest BCUT2D eigenvalue weighted by atomic mass is 32.1. The van der Waals surface area contributed by atoms with E-state index in [0.29, 0.717) is 6.61 Å². The lowest BCUT2D eigenvalue weighted by Crippen LogP contribution is -1.95. The molecule has 0 aliphatic rings. The van der Waals surface area contributed by atoms with Gasteiger partial charge in [0, 0.05) is 4.90 Å². The maximum Gasteiger partial charge on any atom is 0.133 e. The average Bonchev–Trinajstić information content (AvgIpc) is 2.30. The van der Waals surface area contributed by atoms with Crippen LogP contribution in [0.5, 0.6) is 5.75 Å². The number of rotatable bonds is 3. The highest BCUT2D eigenvalue weighted by molar-refractivity contribution is 7.80. The Kier molecular flexibility index (Phi) is 3.52. The van der Waals surface area contributed by atoms with Gasteiger partial charge in [-0.05, 0) is 24.6 Å². The van der Waals surface area contributed by atoms with Crippen LogP contribution in [0.1, 0.15) is 11.1 Å². The zero-order chi connectivity index (χ0) is 11.4. The smallest absolute Gasteiger partial charge is 0.133 e. The summed E-state index contributed by atoms with van der Waals surface area (Å²) in [5.41, 5.74) is 2.43. The van der Waals surface area contributed by atoms with Crippen molar-refractivity contribution in [3.05, 3.63) is 59.7 Å². The Morgan fingerprint density at radius 3 is 2.38 bits per heavy atom. The Morgan fingerprint density at radius 2 is 1.69 bits per heavy atom. The number of aryl methyl sites for hydroxylation is 1. The van der Waals surface area contributed by atoms with Gasteiger partial charge < -0.3 is 4.74 Å². The summed E-state index contributed by atoms with van der Waals surface area (Å²) in [6, 6.07) is 16.1. The summed E-state index contributed by atoms with van der Waals surface area (Å²) in [5.74, 6) is 0.825. The zero-order valence-electron chi connectivity index (χ0n) is 9.18. The van der Waals surface area contributed by atoms with Gasteiger partial charge in [-0.3, -0.25) is 0 Å². The normalized spacial score (nSPS) is 10.1. The number of thiol groups is 1. The van der Waals surface area contributed by atoms with E-state index in [2.05, 4.69) is 43.8 Å². The van der Waals surface area contributed by atoms with Gasteiger partial charge in [0.25, 0.3) is 0 Å². The highest BCUT2D eigenvalue weighted by Crippen LogP contribution is 2.22. The molecule has 0 atom stereocenters. The van der Waals surface area contributed by atoms with Gasteiger partial charge in [-0.15, -0.1) is 12.6 Å². The van der Waals surface area contributed by atoms with E-state index in [4.69, 9.17) is 4.74 Å². The third-order valence-electron chi connectivity index (χ3n) is 2.38. The van der Waals surface area contributed by atoms with Crippen molar-refractivity contribution in [1.29, 1.82) is 0 Å². The predicted octanol–water partition coefficient (Wildman–Crippen LogP) is 3.86. The van der Waals surface area contributed by atoms with Gasteiger partial charge in [0.2, 0.25) is 0 Å². The molecule has 0 amide bonds. The summed E-state index contributed by atoms with van der Waals surface area (Å²) < 4.78 is 5.69. The first-order valence-corrected chi connectivity index (χ1v) is 5.67. The van der Waals surface area contributed by atoms with Gasteiger partial charge in [0.15, 0.2) is 0 Å². The van der Waals surface area contributed by atoms with Crippen molar-refractivity contribution < 1.29 is 4.74 Å². The summed E-state index contributed by atoms with van der Waals surface area (Å²) in [4.78, 5) is 0.870. The second-order valence-electron chi connectivity index (χ2n) is 3.74. The van der Waals surface area contributed by atoms with Crippen LogP contribution in [0.25, 0.3) is 0 Å². The van der Waals surface area contributed by atoms with E-state index in [9.17, 15) is 0 Å². The molecule has 0 N–H and O–H groups in total. The SMILES string of the molecule is Cc1ccc(COc2ccccc2S)cc1. The molecule has 0 aliphatic heterocycles. The molecule has 0 bridgehead atoms. The highest BCUT2D eigenvalue weighted by Gasteiger charge is 1.99. The summed E-state index contributed by atoms with van der Waals surface area (Å²) in [5, 5.41) is 0. The van der Waals surface area contributed by atoms with Gasteiger partial charge in [-0.1, -0.05) is 42.0 Å². The molecule has 2 aromatic rings. The predicted molar refractivity (Wildman–Crippen MR) is 69.2 cm³/mol. The number of benzene rings is 2. The fraction of sp³-hybridized carbons (Fsp3) is 0.143. The number of hydrogen-bond donors (Lipinski definition) is 1. The van der Waals surface area contributed by atoms with Crippen LogP contribution in [0.3, 0.4) is 0 Å². The third kappa shape index (κ3) is 2.80. The largest absolute Gasteiger partial charge is 0.488 e. The van der Waals surface area contributed by atoms with Crippen LogP contribution in [0.15, 0.2) is 53.4 Å². The molecule has 0 aromatic heterocycles. The van der Waals surface area contributed by atoms with E-state index in [0.717, 1.165) is 10.6 Å². The van der Waals surface area contributed by atoms with Gasteiger partial charge in [0.05, 0.1) is 0 Å². The maximum atomic E-state index is 5.69. The van der Waals surface area contributed by atoms with E-state index in [-0.39, 0.29) is 0 Å². The zero-order valence-corrected chi connectivity index (χ0v) is 10.1. The van der Waals surface area contributed by atoms with Crippen LogP contribution in [-0.2, 0) is 6.61 Å². The van der Waals surface area contributed by atoms with Crippen molar-refractivity contribution >= 4 is 12.6 Å². The molecule has 0 unspecified atom stereocenters. The van der Waals surface area contributed by atoms with Crippen molar-refractivity contribution in [3.8, 4) is 5.75 Å². The first-order valence-electron chi connectivity index (χ1n) is 5.22. The van der Waals surface area contributed by atoms with Crippen molar-refractivity contribution in [2.24, 2.45) is 0 Å². The lowest BCUT2D eigenvalue weighted by Gasteiger charge is -2.08. The molecule has 0 saturated carbocycles. The molecule has 0 spiro atoms. The molecule has 16 heavy (non-hydrogen) atoms. The lowest BCUT2D eigenvalue weighted by molar-refractivity contribution is 0.299. The monoisotopic (exact) mass is 230 g/mol. The molecule has 82 valence electrons. The fourth-order valence-electron chi connectivity index (χ4n) is 1.42. The second kappa shape index (κ2) is 5.08. The second-order valence-corrected chi connectivity index (χ2v) is 4.22. The number of hydrogen-bond acceptors (Lipinski definition) is 2. The Bertz CT molecular complexity index is 462. The Labute approximate surface area is 101 Å². The maximum absolute atomic E-state index is 5.69. The first-order chi connectivity index (χ1) is 7.75. The third-order valence-corrected chi connectivity index (χ3v) is 2.75. The molecule has 0 saturated heterocycles. The molecular formula is C14H14OS. The molecular weight excluding hydrogens is 216 g/mol. The Balaban J connectivity index is 2.02. The molecule has 0 heterocycles. The van der Waals surface area contributed by atoms with Crippen molar-refractivity contribution in [2.45, 2.75) is 18.4 Å². The van der Waals surface area contributed by atoms with Crippen LogP contribution in [0, 0.1) is 6.92 Å². The fourth-order valence-corrected chi connectivity index (χ4v) is 1.65. The van der Waals surface area contributed by atoms with Crippen molar-refractivity contribution in [2.75, 3.05) is 0 Å². The first kappa shape index (κ1) is 11.1. The molecule has 0 aliphatic carbocycles. The summed E-state index contributed by atoms with van der Waals surface area (Å²) in [7, 11) is 0. The van der Waals surface area contributed by atoms with E-state index in [1.807, 2.05) is 24.3 Å². The summed E-state index contributed by atoms with van der Waals surface area (Å²) in [6.07, 6.45) is 0. The minimum absolute atomic E-state index is 0.581. The van der Waals surface area contributed by atoms with E-state index < -0.39 is 0 Å². The van der Waals surface area contributed by atoms with Gasteiger partial charge in [0.1, 0.15) is 12.4 Å². The van der Waals surface area contributed by atoms with Gasteiger partial charge in [-0.2, -0.15) is 0 Å². The minimum atomic E-state index is 0.581. The Morgan fingerprint density at radius 1 is 1.00 bits per heavy atom. The number of ether oxygens (including phenoxy) is 1. The Hall–Kier alpha value is -1.41. The molecule has 2 heteroatoms. The molecule has 0 radical (unpaired) electrons. The topological polar surface area (TPSA) is 9.23 Å². The molecule has 2 rings (SSSR count). The quantitative estimate of drug-likeness (QED) is 0.788. The summed E-state index contributed by atoms with van der Waals surface area (Å²) >= 11 is 4.34. The standard InChI is InChI=1S/C14H14OS/c1-11-6-8-12(9-7-11)10-15-13-4-2-3-5-14(13)16/h2-9,16H,10H2,1H3. The number of para-hydroxylation sites is 1. The van der Waals surface area contributed by atoms with Crippen molar-refractivity contribution in [3.63, 3.8) is 0 Å². The molecule has 2 aromatic carbocycles. The van der Waals surface area contributed by atoms with E-state index >= 15 is 0 Å². The van der Waals surface area contributed by atoms with Crippen LogP contribution in [0.4, 0.5) is 0 Å². The van der Waals surface area contributed by atoms with Crippen LogP contribution < -0.4 is 4.74 Å². The molecule has 0 fully saturated rings. The average molecular weight is 230 g/mol. The van der Waals surface area contributed by atoms with Crippen molar-refractivity contribution in [1.82, 2.24) is 0 Å². The lowest BCUT2D eigenvalue weighted by atomic mass is 10.2. The van der Waals surface area contributed by atoms with Gasteiger partial charge in [-0.25, -0.2) is 0 Å². The minimum Gasteiger partial charge on any atom is -0.488 e. The van der Waals surface area contributed by atoms with Gasteiger partial charge >= 0.3 is 0 Å².